The third-order valence-electron chi connectivity index (χ3n) is 3.09. The Morgan fingerprint density at radius 1 is 0.941 bits per heavy atom. The zero-order valence-electron chi connectivity index (χ0n) is 12.6. The summed E-state index contributed by atoms with van der Waals surface area (Å²) < 4.78 is 0. The highest BCUT2D eigenvalue weighted by Crippen LogP contribution is 2.00. The molecule has 0 aliphatic carbocycles. The number of unbranched alkanes of at least 4 members (excludes halogenated alkanes) is 4. The van der Waals surface area contributed by atoms with Gasteiger partial charge in [-0.1, -0.05) is 40.0 Å². The van der Waals surface area contributed by atoms with Crippen LogP contribution in [-0.4, -0.2) is 38.1 Å². The van der Waals surface area contributed by atoms with Crippen molar-refractivity contribution in [3.63, 3.8) is 0 Å². The van der Waals surface area contributed by atoms with Gasteiger partial charge in [0.2, 0.25) is 0 Å². The molecule has 0 aromatic heterocycles. The van der Waals surface area contributed by atoms with E-state index in [2.05, 4.69) is 38.0 Å². The van der Waals surface area contributed by atoms with Crippen LogP contribution < -0.4 is 5.32 Å². The van der Waals surface area contributed by atoms with Crippen molar-refractivity contribution < 1.29 is 0 Å². The van der Waals surface area contributed by atoms with Crippen molar-refractivity contribution in [2.75, 3.05) is 33.2 Å². The molecule has 0 saturated carbocycles. The van der Waals surface area contributed by atoms with Crippen molar-refractivity contribution in [2.24, 2.45) is 5.92 Å². The maximum absolute atomic E-state index is 3.50. The fourth-order valence-corrected chi connectivity index (χ4v) is 1.94. The van der Waals surface area contributed by atoms with Gasteiger partial charge in [0, 0.05) is 0 Å². The molecule has 0 unspecified atom stereocenters. The van der Waals surface area contributed by atoms with Gasteiger partial charge in [0.25, 0.3) is 0 Å². The average Bonchev–Trinajstić information content (AvgIpc) is 2.28. The van der Waals surface area contributed by atoms with Gasteiger partial charge in [0.05, 0.1) is 0 Å². The summed E-state index contributed by atoms with van der Waals surface area (Å²) in [5, 5.41) is 3.50. The molecule has 1 N–H and O–H groups in total. The number of rotatable bonds is 12. The van der Waals surface area contributed by atoms with E-state index in [0.717, 1.165) is 12.5 Å². The summed E-state index contributed by atoms with van der Waals surface area (Å²) in [6.07, 6.45) is 8.12. The summed E-state index contributed by atoms with van der Waals surface area (Å²) in [7, 11) is 2.26. The van der Waals surface area contributed by atoms with Crippen molar-refractivity contribution in [3.8, 4) is 0 Å². The maximum atomic E-state index is 3.50. The van der Waals surface area contributed by atoms with Crippen LogP contribution in [0.3, 0.4) is 0 Å². The van der Waals surface area contributed by atoms with Crippen LogP contribution >= 0.6 is 0 Å². The minimum absolute atomic E-state index is 0.777. The Morgan fingerprint density at radius 2 is 1.59 bits per heavy atom. The van der Waals surface area contributed by atoms with Crippen LogP contribution in [0.5, 0.6) is 0 Å². The first-order valence-electron chi connectivity index (χ1n) is 7.56. The molecule has 0 aromatic rings. The van der Waals surface area contributed by atoms with E-state index in [1.165, 1.54) is 58.2 Å². The Hall–Kier alpha value is -0.0800. The molecular formula is C15H34N2. The van der Waals surface area contributed by atoms with E-state index >= 15 is 0 Å². The quantitative estimate of drug-likeness (QED) is 0.527. The van der Waals surface area contributed by atoms with E-state index in [9.17, 15) is 0 Å². The van der Waals surface area contributed by atoms with Crippen LogP contribution in [-0.2, 0) is 0 Å². The highest BCUT2D eigenvalue weighted by molar-refractivity contribution is 4.55. The smallest absolute Gasteiger partial charge is 0.00218 e. The van der Waals surface area contributed by atoms with E-state index < -0.39 is 0 Å². The molecular weight excluding hydrogens is 208 g/mol. The van der Waals surface area contributed by atoms with Crippen molar-refractivity contribution >= 4 is 0 Å². The molecule has 0 aromatic carbocycles. The Bertz CT molecular complexity index is 146. The second-order valence-electron chi connectivity index (χ2n) is 5.67. The van der Waals surface area contributed by atoms with Gasteiger partial charge in [-0.3, -0.25) is 0 Å². The number of hydrogen-bond acceptors (Lipinski definition) is 2. The standard InChI is InChI=1S/C15H34N2/c1-5-6-9-12-17(4)13-10-7-8-11-16-14-15(2)3/h15-16H,5-14H2,1-4H3. The molecule has 0 amide bonds. The molecule has 2 nitrogen and oxygen atoms in total. The fraction of sp³-hybridized carbons (Fsp3) is 1.00. The average molecular weight is 242 g/mol. The molecule has 2 heteroatoms. The first kappa shape index (κ1) is 16.9. The normalized spacial score (nSPS) is 11.6. The first-order valence-corrected chi connectivity index (χ1v) is 7.56. The Balaban J connectivity index is 3.11. The van der Waals surface area contributed by atoms with Crippen LogP contribution in [0, 0.1) is 5.92 Å². The summed E-state index contributed by atoms with van der Waals surface area (Å²) in [6, 6.07) is 0. The van der Waals surface area contributed by atoms with Gasteiger partial charge in [-0.05, 0) is 58.4 Å². The fourth-order valence-electron chi connectivity index (χ4n) is 1.94. The molecule has 0 aliphatic heterocycles. The Kier molecular flexibility index (Phi) is 12.3. The van der Waals surface area contributed by atoms with Crippen LogP contribution in [0.1, 0.15) is 59.3 Å². The molecule has 0 aliphatic rings. The lowest BCUT2D eigenvalue weighted by Crippen LogP contribution is -2.22. The molecule has 0 fully saturated rings. The molecule has 0 spiro atoms. The second-order valence-corrected chi connectivity index (χ2v) is 5.67. The van der Waals surface area contributed by atoms with E-state index in [1.807, 2.05) is 0 Å². The van der Waals surface area contributed by atoms with E-state index in [4.69, 9.17) is 0 Å². The monoisotopic (exact) mass is 242 g/mol. The molecule has 0 heterocycles. The molecule has 0 radical (unpaired) electrons. The number of nitrogens with one attached hydrogen (secondary N) is 1. The second kappa shape index (κ2) is 12.4. The molecule has 17 heavy (non-hydrogen) atoms. The van der Waals surface area contributed by atoms with Crippen LogP contribution in [0.2, 0.25) is 0 Å². The maximum Gasteiger partial charge on any atom is -0.00218 e. The molecule has 0 rings (SSSR count). The summed E-state index contributed by atoms with van der Waals surface area (Å²) in [5.74, 6) is 0.777. The lowest BCUT2D eigenvalue weighted by Gasteiger charge is -2.16. The topological polar surface area (TPSA) is 15.3 Å². The van der Waals surface area contributed by atoms with Crippen molar-refractivity contribution in [1.29, 1.82) is 0 Å². The van der Waals surface area contributed by atoms with Crippen molar-refractivity contribution in [1.82, 2.24) is 10.2 Å². The summed E-state index contributed by atoms with van der Waals surface area (Å²) in [4.78, 5) is 2.48. The zero-order valence-corrected chi connectivity index (χ0v) is 12.6. The van der Waals surface area contributed by atoms with Crippen LogP contribution in [0.25, 0.3) is 0 Å². The summed E-state index contributed by atoms with van der Waals surface area (Å²) >= 11 is 0. The van der Waals surface area contributed by atoms with Gasteiger partial charge in [0.1, 0.15) is 0 Å². The summed E-state index contributed by atoms with van der Waals surface area (Å²) in [5.41, 5.74) is 0. The molecule has 104 valence electrons. The number of hydrogen-bond donors (Lipinski definition) is 1. The summed E-state index contributed by atoms with van der Waals surface area (Å²) in [6.45, 7) is 11.7. The first-order chi connectivity index (χ1) is 8.16. The minimum atomic E-state index is 0.777. The molecule has 0 bridgehead atoms. The highest BCUT2D eigenvalue weighted by atomic mass is 15.1. The third kappa shape index (κ3) is 13.9. The van der Waals surface area contributed by atoms with Gasteiger partial charge in [0.15, 0.2) is 0 Å². The van der Waals surface area contributed by atoms with Crippen LogP contribution in [0.4, 0.5) is 0 Å². The van der Waals surface area contributed by atoms with Crippen molar-refractivity contribution in [3.05, 3.63) is 0 Å². The van der Waals surface area contributed by atoms with Crippen LogP contribution in [0.15, 0.2) is 0 Å². The highest BCUT2D eigenvalue weighted by Gasteiger charge is 1.98. The Morgan fingerprint density at radius 3 is 2.18 bits per heavy atom. The predicted molar refractivity (Wildman–Crippen MR) is 78.6 cm³/mol. The minimum Gasteiger partial charge on any atom is -0.316 e. The molecule has 0 saturated heterocycles. The van der Waals surface area contributed by atoms with Gasteiger partial charge in [-0.25, -0.2) is 0 Å². The van der Waals surface area contributed by atoms with Crippen molar-refractivity contribution in [2.45, 2.75) is 59.3 Å². The molecule has 0 atom stereocenters. The zero-order chi connectivity index (χ0) is 12.9. The van der Waals surface area contributed by atoms with E-state index in [1.54, 1.807) is 0 Å². The van der Waals surface area contributed by atoms with E-state index in [0.29, 0.717) is 0 Å². The predicted octanol–water partition coefficient (Wildman–Crippen LogP) is 3.52. The largest absolute Gasteiger partial charge is 0.316 e. The SMILES string of the molecule is CCCCCN(C)CCCCCNCC(C)C. The van der Waals surface area contributed by atoms with Gasteiger partial charge in [-0.2, -0.15) is 0 Å². The lowest BCUT2D eigenvalue weighted by molar-refractivity contribution is 0.316. The third-order valence-corrected chi connectivity index (χ3v) is 3.09. The van der Waals surface area contributed by atoms with Gasteiger partial charge in [-0.15, -0.1) is 0 Å². The number of nitrogens with zero attached hydrogens (tertiary/aromatic N) is 1. The van der Waals surface area contributed by atoms with Gasteiger partial charge < -0.3 is 10.2 Å². The van der Waals surface area contributed by atoms with E-state index in [-0.39, 0.29) is 0 Å². The lowest BCUT2D eigenvalue weighted by atomic mass is 10.2. The Labute approximate surface area is 109 Å². The van der Waals surface area contributed by atoms with Gasteiger partial charge >= 0.3 is 0 Å².